The number of aryl methyl sites for hydroxylation is 1. The molecule has 1 aliphatic rings. The third-order valence-corrected chi connectivity index (χ3v) is 8.63. The molecule has 0 spiro atoms. The zero-order valence-electron chi connectivity index (χ0n) is 28.6. The van der Waals surface area contributed by atoms with Crippen molar-refractivity contribution in [1.82, 2.24) is 4.98 Å². The van der Waals surface area contributed by atoms with Gasteiger partial charge in [-0.3, -0.25) is 4.79 Å². The van der Waals surface area contributed by atoms with Gasteiger partial charge in [-0.25, -0.2) is 9.59 Å². The van der Waals surface area contributed by atoms with Crippen LogP contribution in [0.5, 0.6) is 17.2 Å². The molecule has 4 N–H and O–H groups in total. The number of hydrogen-bond donors (Lipinski definition) is 4. The number of methoxy groups -OCH3 is 2. The van der Waals surface area contributed by atoms with Crippen molar-refractivity contribution in [2.45, 2.75) is 71.2 Å². The maximum absolute atomic E-state index is 13.2. The van der Waals surface area contributed by atoms with E-state index in [-0.39, 0.29) is 33.0 Å². The van der Waals surface area contributed by atoms with Crippen molar-refractivity contribution in [1.29, 1.82) is 0 Å². The second kappa shape index (κ2) is 14.6. The molecule has 4 aromatic rings. The van der Waals surface area contributed by atoms with Crippen LogP contribution in [0, 0.1) is 6.92 Å². The molecular weight excluding hydrogens is 672 g/mol. The monoisotopic (exact) mass is 710 g/mol. The number of carbonyl (C=O) groups is 2. The minimum atomic E-state index is -1.56. The molecule has 1 fully saturated rings. The number of benzene rings is 2. The molecule has 4 unspecified atom stereocenters. The van der Waals surface area contributed by atoms with Gasteiger partial charge in [0.1, 0.15) is 28.3 Å². The highest BCUT2D eigenvalue weighted by Gasteiger charge is 2.53. The summed E-state index contributed by atoms with van der Waals surface area (Å²) in [7, 11) is 2.93. The number of H-pyrrole nitrogens is 1. The Balaban J connectivity index is 1.41. The Morgan fingerprint density at radius 3 is 2.46 bits per heavy atom. The average molecular weight is 711 g/mol. The quantitative estimate of drug-likeness (QED) is 0.0905. The number of aliphatic hydroxyl groups excluding tert-OH is 1. The summed E-state index contributed by atoms with van der Waals surface area (Å²) >= 11 is 6.61. The Morgan fingerprint density at radius 2 is 1.82 bits per heavy atom. The summed E-state index contributed by atoms with van der Waals surface area (Å²) in [6, 6.07) is 10.8. The number of anilines is 1. The number of aliphatic hydroxyl groups is 1. The zero-order chi connectivity index (χ0) is 36.5. The maximum Gasteiger partial charge on any atom is 0.364 e. The van der Waals surface area contributed by atoms with E-state index in [1.807, 2.05) is 19.9 Å². The van der Waals surface area contributed by atoms with Crippen LogP contribution < -0.4 is 20.4 Å². The van der Waals surface area contributed by atoms with Crippen molar-refractivity contribution >= 4 is 40.1 Å². The number of esters is 1. The summed E-state index contributed by atoms with van der Waals surface area (Å²) in [4.78, 5) is 42.1. The van der Waals surface area contributed by atoms with Crippen molar-refractivity contribution < 1.29 is 47.9 Å². The number of ether oxygens (including phenoxy) is 5. The number of carbonyl (C=O) groups excluding carboxylic acids is 2. The number of nitrogens with one attached hydrogen (secondary N) is 2. The first-order valence-electron chi connectivity index (χ1n) is 15.7. The normalized spacial score (nSPS) is 19.9. The van der Waals surface area contributed by atoms with Gasteiger partial charge in [-0.1, -0.05) is 23.3 Å². The molecule has 2 aromatic heterocycles. The molecule has 0 aliphatic carbocycles. The number of fused-ring (bicyclic) bond motifs is 1. The number of allylic oxidation sites excluding steroid dienone is 2. The first kappa shape index (κ1) is 36.5. The fourth-order valence-electron chi connectivity index (χ4n) is 5.72. The van der Waals surface area contributed by atoms with Crippen LogP contribution in [0.15, 0.2) is 63.3 Å². The van der Waals surface area contributed by atoms with Crippen LogP contribution in [-0.2, 0) is 20.6 Å². The van der Waals surface area contributed by atoms with Gasteiger partial charge in [0.05, 0.1) is 18.1 Å². The van der Waals surface area contributed by atoms with E-state index in [1.54, 1.807) is 45.0 Å². The largest absolute Gasteiger partial charge is 0.505 e. The lowest BCUT2D eigenvalue weighted by molar-refractivity contribution is -0.305. The highest BCUT2D eigenvalue weighted by molar-refractivity contribution is 6.36. The summed E-state index contributed by atoms with van der Waals surface area (Å²) in [5, 5.41) is 24.6. The minimum Gasteiger partial charge on any atom is -0.505 e. The number of aromatic hydroxyl groups is 1. The van der Waals surface area contributed by atoms with Crippen LogP contribution >= 0.6 is 11.6 Å². The van der Waals surface area contributed by atoms with Gasteiger partial charge in [-0.2, -0.15) is 0 Å². The van der Waals surface area contributed by atoms with Crippen molar-refractivity contribution in [3.63, 3.8) is 0 Å². The Bertz CT molecular complexity index is 2010. The highest BCUT2D eigenvalue weighted by atomic mass is 35.5. The summed E-state index contributed by atoms with van der Waals surface area (Å²) in [5.74, 6) is -1.46. The molecule has 0 bridgehead atoms. The van der Waals surface area contributed by atoms with E-state index in [1.165, 1.54) is 32.4 Å². The van der Waals surface area contributed by atoms with Gasteiger partial charge in [-0.05, 0) is 89.1 Å². The highest BCUT2D eigenvalue weighted by Crippen LogP contribution is 2.41. The predicted octanol–water partition coefficient (Wildman–Crippen LogP) is 5.67. The standard InChI is InChI=1S/C36H39ClN2O11/c1-17(2)8-10-19-16-20(11-14-23(19)45-6)32(42)39-26-27(40)21-12-15-24(25(37)29(21)48-34(26)44)47-35-28(41)30(31(46-7)36(4,5)50-35)49-33(43)22-13-9-18(3)38-22/h8-9,11-16,28,30-31,35,38,40-41H,10H2,1-7H3,(H,39,42). The first-order valence-corrected chi connectivity index (χ1v) is 16.0. The fraction of sp³-hybridized carbons (Fsp3) is 0.361. The smallest absolute Gasteiger partial charge is 0.364 e. The second-order valence-electron chi connectivity index (χ2n) is 12.6. The molecular formula is C36H39ClN2O11. The summed E-state index contributed by atoms with van der Waals surface area (Å²) in [6.45, 7) is 9.04. The molecule has 1 aliphatic heterocycles. The van der Waals surface area contributed by atoms with E-state index in [2.05, 4.69) is 10.3 Å². The molecule has 0 radical (unpaired) electrons. The SMILES string of the molecule is COc1ccc(C(=O)Nc2c(O)c3ccc(OC4OC(C)(C)C(OC)C(OC(=O)c5ccc(C)[nH]5)C4O)c(Cl)c3oc2=O)cc1CC=C(C)C. The lowest BCUT2D eigenvalue weighted by Crippen LogP contribution is -2.65. The summed E-state index contributed by atoms with van der Waals surface area (Å²) in [5.41, 5.74) is 0.0433. The molecule has 0 saturated carbocycles. The molecule has 50 heavy (non-hydrogen) atoms. The van der Waals surface area contributed by atoms with Crippen LogP contribution in [0.4, 0.5) is 5.69 Å². The number of aromatic amines is 1. The van der Waals surface area contributed by atoms with E-state index in [0.29, 0.717) is 12.2 Å². The molecule has 13 nitrogen and oxygen atoms in total. The number of hydrogen-bond acceptors (Lipinski definition) is 11. The van der Waals surface area contributed by atoms with Gasteiger partial charge >= 0.3 is 11.6 Å². The van der Waals surface area contributed by atoms with Gasteiger partial charge in [0.2, 0.25) is 6.29 Å². The summed E-state index contributed by atoms with van der Waals surface area (Å²) in [6.07, 6.45) is -2.60. The van der Waals surface area contributed by atoms with E-state index < -0.39 is 59.1 Å². The molecule has 1 amide bonds. The van der Waals surface area contributed by atoms with Gasteiger partial charge in [-0.15, -0.1) is 0 Å². The van der Waals surface area contributed by atoms with E-state index in [0.717, 1.165) is 16.8 Å². The van der Waals surface area contributed by atoms with Crippen LogP contribution in [0.25, 0.3) is 11.0 Å². The Hall–Kier alpha value is -4.82. The zero-order valence-corrected chi connectivity index (χ0v) is 29.3. The Labute approximate surface area is 292 Å². The Kier molecular flexibility index (Phi) is 10.6. The van der Waals surface area contributed by atoms with E-state index in [9.17, 15) is 24.6 Å². The predicted molar refractivity (Wildman–Crippen MR) is 184 cm³/mol. The van der Waals surface area contributed by atoms with Gasteiger partial charge in [0.25, 0.3) is 5.91 Å². The number of halogens is 1. The first-order chi connectivity index (χ1) is 23.6. The van der Waals surface area contributed by atoms with Gasteiger partial charge in [0.15, 0.2) is 29.2 Å². The lowest BCUT2D eigenvalue weighted by Gasteiger charge is -2.47. The van der Waals surface area contributed by atoms with E-state index >= 15 is 0 Å². The average Bonchev–Trinajstić information content (AvgIpc) is 3.51. The molecule has 266 valence electrons. The molecule has 14 heteroatoms. The number of rotatable bonds is 10. The molecule has 2 aromatic carbocycles. The maximum atomic E-state index is 13.2. The van der Waals surface area contributed by atoms with Crippen molar-refractivity contribution in [2.75, 3.05) is 19.5 Å². The van der Waals surface area contributed by atoms with Crippen LogP contribution in [-0.4, -0.2) is 71.5 Å². The summed E-state index contributed by atoms with van der Waals surface area (Å²) < 4.78 is 34.1. The van der Waals surface area contributed by atoms with Crippen molar-refractivity contribution in [3.05, 3.63) is 92.1 Å². The van der Waals surface area contributed by atoms with Gasteiger partial charge < -0.3 is 48.6 Å². The number of amides is 1. The third-order valence-electron chi connectivity index (χ3n) is 8.27. The minimum absolute atomic E-state index is 0.00540. The second-order valence-corrected chi connectivity index (χ2v) is 13.0. The molecule has 5 rings (SSSR count). The van der Waals surface area contributed by atoms with Crippen LogP contribution in [0.1, 0.15) is 59.8 Å². The van der Waals surface area contributed by atoms with Crippen LogP contribution in [0.3, 0.4) is 0 Å². The topological polar surface area (TPSA) is 179 Å². The van der Waals surface area contributed by atoms with E-state index in [4.69, 9.17) is 39.7 Å². The molecule has 4 atom stereocenters. The molecule has 1 saturated heterocycles. The van der Waals surface area contributed by atoms with Crippen molar-refractivity contribution in [3.8, 4) is 17.2 Å². The third kappa shape index (κ3) is 7.36. The number of aromatic nitrogens is 1. The van der Waals surface area contributed by atoms with Crippen molar-refractivity contribution in [2.24, 2.45) is 0 Å². The van der Waals surface area contributed by atoms with Gasteiger partial charge in [0, 0.05) is 18.4 Å². The van der Waals surface area contributed by atoms with Crippen LogP contribution in [0.2, 0.25) is 5.02 Å². The fourth-order valence-corrected chi connectivity index (χ4v) is 5.97. The molecule has 3 heterocycles. The Morgan fingerprint density at radius 1 is 1.10 bits per heavy atom. The lowest BCUT2D eigenvalue weighted by atomic mass is 9.89.